The highest BCUT2D eigenvalue weighted by Crippen LogP contribution is 2.25. The van der Waals surface area contributed by atoms with E-state index in [9.17, 15) is 9.59 Å². The number of hydrogen-bond donors (Lipinski definition) is 1. The minimum absolute atomic E-state index is 0.0225. The van der Waals surface area contributed by atoms with Crippen LogP contribution in [-0.4, -0.2) is 58.3 Å². The molecular formula is C27H33N3O4. The Balaban J connectivity index is 1.32. The molecule has 2 aromatic rings. The summed E-state index contributed by atoms with van der Waals surface area (Å²) in [4.78, 5) is 26.2. The quantitative estimate of drug-likeness (QED) is 0.610. The van der Waals surface area contributed by atoms with Crippen LogP contribution < -0.4 is 4.74 Å². The van der Waals surface area contributed by atoms with E-state index in [4.69, 9.17) is 9.84 Å². The van der Waals surface area contributed by atoms with Crippen molar-refractivity contribution in [1.29, 1.82) is 0 Å². The first-order valence-electron chi connectivity index (χ1n) is 12.0. The maximum absolute atomic E-state index is 13.1. The van der Waals surface area contributed by atoms with Crippen molar-refractivity contribution < 1.29 is 19.4 Å². The highest BCUT2D eigenvalue weighted by Gasteiger charge is 2.34. The second-order valence-electron chi connectivity index (χ2n) is 9.27. The molecule has 180 valence electrons. The standard InChI is InChI=1S/C27H33N3O4/c1-19-6-3-4-7-22(19)18-34-23-11-9-21(10-12-23)16-26(31)30-14-5-8-25(30)24-13-15-29(28-24)17-20(2)27(32)33/h3-4,6-7,9-12,20,25H,5,8,13-18H2,1-2H3,(H,32,33). The maximum Gasteiger partial charge on any atom is 0.308 e. The van der Waals surface area contributed by atoms with Crippen LogP contribution in [0.1, 0.15) is 42.9 Å². The highest BCUT2D eigenvalue weighted by molar-refractivity contribution is 5.94. The number of benzene rings is 2. The highest BCUT2D eigenvalue weighted by atomic mass is 16.5. The van der Waals surface area contributed by atoms with Gasteiger partial charge in [0.15, 0.2) is 0 Å². The van der Waals surface area contributed by atoms with Gasteiger partial charge in [0.25, 0.3) is 0 Å². The van der Waals surface area contributed by atoms with Crippen LogP contribution in [0.5, 0.6) is 5.75 Å². The number of nitrogens with zero attached hydrogens (tertiary/aromatic N) is 3. The van der Waals surface area contributed by atoms with Crippen LogP contribution in [0.3, 0.4) is 0 Å². The molecule has 1 saturated heterocycles. The Hall–Kier alpha value is -3.35. The SMILES string of the molecule is Cc1ccccc1COc1ccc(CC(=O)N2CCCC2C2=NN(CC(C)C(=O)O)CC2)cc1. The van der Waals surface area contributed by atoms with Gasteiger partial charge >= 0.3 is 5.97 Å². The molecule has 1 fully saturated rings. The van der Waals surface area contributed by atoms with E-state index in [1.807, 2.05) is 46.3 Å². The van der Waals surface area contributed by atoms with Crippen molar-refractivity contribution in [3.8, 4) is 5.75 Å². The van der Waals surface area contributed by atoms with Crippen molar-refractivity contribution in [2.75, 3.05) is 19.6 Å². The summed E-state index contributed by atoms with van der Waals surface area (Å²) in [6.45, 7) is 6.15. The summed E-state index contributed by atoms with van der Waals surface area (Å²) in [6.07, 6.45) is 3.01. The molecule has 2 aliphatic heterocycles. The molecule has 0 spiro atoms. The summed E-state index contributed by atoms with van der Waals surface area (Å²) in [6, 6.07) is 15.9. The van der Waals surface area contributed by atoms with Crippen molar-refractivity contribution >= 4 is 17.6 Å². The lowest BCUT2D eigenvalue weighted by atomic mass is 10.1. The number of ether oxygens (including phenoxy) is 1. The summed E-state index contributed by atoms with van der Waals surface area (Å²) in [7, 11) is 0. The Morgan fingerprint density at radius 2 is 1.91 bits per heavy atom. The van der Waals surface area contributed by atoms with Crippen molar-refractivity contribution in [2.24, 2.45) is 11.0 Å². The molecule has 0 aliphatic carbocycles. The van der Waals surface area contributed by atoms with Crippen LogP contribution in [0.15, 0.2) is 53.6 Å². The number of amides is 1. The van der Waals surface area contributed by atoms with E-state index in [0.29, 0.717) is 19.6 Å². The Morgan fingerprint density at radius 1 is 1.15 bits per heavy atom. The van der Waals surface area contributed by atoms with Crippen LogP contribution in [-0.2, 0) is 22.6 Å². The minimum atomic E-state index is -0.812. The van der Waals surface area contributed by atoms with E-state index >= 15 is 0 Å². The summed E-state index contributed by atoms with van der Waals surface area (Å²) in [5.74, 6) is -0.383. The molecule has 1 N–H and O–H groups in total. The summed E-state index contributed by atoms with van der Waals surface area (Å²) in [5, 5.41) is 15.7. The molecule has 7 heteroatoms. The molecule has 0 saturated carbocycles. The Bertz CT molecular complexity index is 1050. The lowest BCUT2D eigenvalue weighted by molar-refractivity contribution is -0.141. The van der Waals surface area contributed by atoms with Gasteiger partial charge in [-0.05, 0) is 48.6 Å². The van der Waals surface area contributed by atoms with Crippen LogP contribution in [0.2, 0.25) is 0 Å². The van der Waals surface area contributed by atoms with Gasteiger partial charge < -0.3 is 14.7 Å². The summed E-state index contributed by atoms with van der Waals surface area (Å²) in [5.41, 5.74) is 4.33. The Labute approximate surface area is 201 Å². The monoisotopic (exact) mass is 463 g/mol. The number of carboxylic acids is 1. The molecule has 2 aliphatic rings. The number of hydrogen-bond acceptors (Lipinski definition) is 5. The number of hydrazone groups is 1. The molecule has 0 aromatic heterocycles. The van der Waals surface area contributed by atoms with Gasteiger partial charge in [-0.2, -0.15) is 5.10 Å². The smallest absolute Gasteiger partial charge is 0.308 e. The van der Waals surface area contributed by atoms with E-state index in [0.717, 1.165) is 54.9 Å². The molecule has 0 bridgehead atoms. The van der Waals surface area contributed by atoms with Gasteiger partial charge in [0.2, 0.25) is 5.91 Å². The predicted molar refractivity (Wildman–Crippen MR) is 131 cm³/mol. The fourth-order valence-electron chi connectivity index (χ4n) is 4.61. The van der Waals surface area contributed by atoms with Gasteiger partial charge in [-0.3, -0.25) is 14.6 Å². The first kappa shape index (κ1) is 23.8. The molecule has 0 radical (unpaired) electrons. The third kappa shape index (κ3) is 5.76. The van der Waals surface area contributed by atoms with Crippen molar-refractivity contribution in [3.63, 3.8) is 0 Å². The van der Waals surface area contributed by atoms with E-state index < -0.39 is 11.9 Å². The van der Waals surface area contributed by atoms with E-state index in [1.165, 1.54) is 5.56 Å². The molecular weight excluding hydrogens is 430 g/mol. The van der Waals surface area contributed by atoms with Crippen molar-refractivity contribution in [2.45, 2.75) is 52.2 Å². The van der Waals surface area contributed by atoms with Gasteiger partial charge in [0.05, 0.1) is 24.1 Å². The van der Waals surface area contributed by atoms with Crippen LogP contribution in [0.4, 0.5) is 0 Å². The van der Waals surface area contributed by atoms with Gasteiger partial charge in [0, 0.05) is 26.1 Å². The largest absolute Gasteiger partial charge is 0.489 e. The molecule has 34 heavy (non-hydrogen) atoms. The van der Waals surface area contributed by atoms with E-state index in [2.05, 4.69) is 24.2 Å². The van der Waals surface area contributed by atoms with Crippen molar-refractivity contribution in [1.82, 2.24) is 9.91 Å². The first-order valence-corrected chi connectivity index (χ1v) is 12.0. The van der Waals surface area contributed by atoms with Gasteiger partial charge in [-0.1, -0.05) is 43.3 Å². The molecule has 2 aromatic carbocycles. The number of aryl methyl sites for hydroxylation is 1. The van der Waals surface area contributed by atoms with Crippen LogP contribution in [0.25, 0.3) is 0 Å². The number of likely N-dealkylation sites (tertiary alicyclic amines) is 1. The third-order valence-electron chi connectivity index (χ3n) is 6.69. The first-order chi connectivity index (χ1) is 16.4. The molecule has 1 amide bonds. The Kier molecular flexibility index (Phi) is 7.50. The number of aliphatic carboxylic acids is 1. The molecule has 2 unspecified atom stereocenters. The minimum Gasteiger partial charge on any atom is -0.489 e. The van der Waals surface area contributed by atoms with Crippen LogP contribution in [0, 0.1) is 12.8 Å². The number of carbonyl (C=O) groups excluding carboxylic acids is 1. The second kappa shape index (κ2) is 10.7. The molecule has 4 rings (SSSR count). The fourth-order valence-corrected chi connectivity index (χ4v) is 4.61. The molecule has 2 heterocycles. The van der Waals surface area contributed by atoms with Crippen molar-refractivity contribution in [3.05, 3.63) is 65.2 Å². The number of carbonyl (C=O) groups is 2. The number of carboxylic acid groups (broad SMARTS) is 1. The van der Waals surface area contributed by atoms with Crippen LogP contribution >= 0.6 is 0 Å². The maximum atomic E-state index is 13.1. The van der Waals surface area contributed by atoms with E-state index in [-0.39, 0.29) is 11.9 Å². The Morgan fingerprint density at radius 3 is 2.65 bits per heavy atom. The average Bonchev–Trinajstić information content (AvgIpc) is 3.49. The predicted octanol–water partition coefficient (Wildman–Crippen LogP) is 3.89. The topological polar surface area (TPSA) is 82.4 Å². The summed E-state index contributed by atoms with van der Waals surface area (Å²) < 4.78 is 5.92. The zero-order valence-corrected chi connectivity index (χ0v) is 19.9. The fraction of sp³-hybridized carbons (Fsp3) is 0.444. The van der Waals surface area contributed by atoms with E-state index in [1.54, 1.807) is 6.92 Å². The lowest BCUT2D eigenvalue weighted by Crippen LogP contribution is -2.41. The molecule has 7 nitrogen and oxygen atoms in total. The zero-order chi connectivity index (χ0) is 24.1. The van der Waals surface area contributed by atoms with Gasteiger partial charge in [-0.25, -0.2) is 0 Å². The van der Waals surface area contributed by atoms with Gasteiger partial charge in [0.1, 0.15) is 12.4 Å². The normalized spacial score (nSPS) is 18.6. The third-order valence-corrected chi connectivity index (χ3v) is 6.69. The molecule has 2 atom stereocenters. The van der Waals surface area contributed by atoms with Gasteiger partial charge in [-0.15, -0.1) is 0 Å². The zero-order valence-electron chi connectivity index (χ0n) is 19.9. The average molecular weight is 464 g/mol. The summed E-state index contributed by atoms with van der Waals surface area (Å²) >= 11 is 0. The lowest BCUT2D eigenvalue weighted by Gasteiger charge is -2.25. The second-order valence-corrected chi connectivity index (χ2v) is 9.27. The number of rotatable bonds is 9.